The summed E-state index contributed by atoms with van der Waals surface area (Å²) < 4.78 is 6.23. The molecule has 0 bridgehead atoms. The molecule has 2 aliphatic rings. The maximum Gasteiger partial charge on any atom is 0.222 e. The van der Waals surface area contributed by atoms with E-state index >= 15 is 0 Å². The molecule has 162 valence electrons. The lowest BCUT2D eigenvalue weighted by Crippen LogP contribution is -2.45. The largest absolute Gasteiger partial charge is 0.490 e. The fourth-order valence-electron chi connectivity index (χ4n) is 3.94. The second-order valence-corrected chi connectivity index (χ2v) is 7.65. The van der Waals surface area contributed by atoms with Crippen molar-refractivity contribution in [2.45, 2.75) is 71.1 Å². The smallest absolute Gasteiger partial charge is 0.222 e. The maximum absolute atomic E-state index is 11.9. The van der Waals surface area contributed by atoms with Gasteiger partial charge in [0.05, 0.1) is 12.6 Å². The SMILES string of the molecule is CCNC(=NCc1ccccc1OC1CCCC1)NC1CCN(C(=O)CC)C1.I. The maximum atomic E-state index is 11.9. The van der Waals surface area contributed by atoms with Crippen LogP contribution in [0, 0.1) is 0 Å². The first-order valence-corrected chi connectivity index (χ1v) is 10.8. The minimum absolute atomic E-state index is 0. The third-order valence-corrected chi connectivity index (χ3v) is 5.50. The fourth-order valence-corrected chi connectivity index (χ4v) is 3.94. The second-order valence-electron chi connectivity index (χ2n) is 7.65. The number of carbonyl (C=O) groups excluding carboxylic acids is 1. The van der Waals surface area contributed by atoms with E-state index in [0.29, 0.717) is 19.1 Å². The summed E-state index contributed by atoms with van der Waals surface area (Å²) in [7, 11) is 0. The molecular weight excluding hydrogens is 479 g/mol. The predicted octanol–water partition coefficient (Wildman–Crippen LogP) is 3.69. The first-order valence-electron chi connectivity index (χ1n) is 10.8. The summed E-state index contributed by atoms with van der Waals surface area (Å²) in [5.41, 5.74) is 1.11. The molecule has 6 nitrogen and oxygen atoms in total. The number of carbonyl (C=O) groups is 1. The summed E-state index contributed by atoms with van der Waals surface area (Å²) in [5.74, 6) is 1.98. The lowest BCUT2D eigenvalue weighted by Gasteiger charge is -2.19. The van der Waals surface area contributed by atoms with Crippen molar-refractivity contribution in [3.8, 4) is 5.75 Å². The van der Waals surface area contributed by atoms with Crippen LogP contribution in [-0.2, 0) is 11.3 Å². The van der Waals surface area contributed by atoms with Crippen LogP contribution >= 0.6 is 24.0 Å². The van der Waals surface area contributed by atoms with Crippen molar-refractivity contribution in [3.05, 3.63) is 29.8 Å². The Morgan fingerprint density at radius 1 is 1.21 bits per heavy atom. The highest BCUT2D eigenvalue weighted by Crippen LogP contribution is 2.27. The number of amides is 1. The van der Waals surface area contributed by atoms with Crippen LogP contribution in [0.1, 0.15) is 57.9 Å². The Morgan fingerprint density at radius 3 is 2.69 bits per heavy atom. The van der Waals surface area contributed by atoms with Crippen molar-refractivity contribution < 1.29 is 9.53 Å². The van der Waals surface area contributed by atoms with E-state index in [9.17, 15) is 4.79 Å². The fraction of sp³-hybridized carbons (Fsp3) is 0.636. The van der Waals surface area contributed by atoms with Gasteiger partial charge in [-0.3, -0.25) is 4.79 Å². The average Bonchev–Trinajstić information content (AvgIpc) is 3.39. The normalized spacial score (nSPS) is 19.7. The summed E-state index contributed by atoms with van der Waals surface area (Å²) in [6.07, 6.45) is 6.69. The van der Waals surface area contributed by atoms with E-state index in [1.54, 1.807) is 0 Å². The zero-order chi connectivity index (χ0) is 19.8. The number of nitrogens with one attached hydrogen (secondary N) is 2. The van der Waals surface area contributed by atoms with Gasteiger partial charge in [-0.2, -0.15) is 0 Å². The van der Waals surface area contributed by atoms with Gasteiger partial charge in [0.15, 0.2) is 5.96 Å². The molecule has 1 aromatic carbocycles. The molecular formula is C22H35IN4O2. The molecule has 1 atom stereocenters. The Hall–Kier alpha value is -1.51. The van der Waals surface area contributed by atoms with E-state index in [-0.39, 0.29) is 35.9 Å². The van der Waals surface area contributed by atoms with Crippen molar-refractivity contribution in [1.82, 2.24) is 15.5 Å². The minimum atomic E-state index is 0. The Kier molecular flexibility index (Phi) is 10.0. The monoisotopic (exact) mass is 514 g/mol. The van der Waals surface area contributed by atoms with Crippen molar-refractivity contribution >= 4 is 35.8 Å². The van der Waals surface area contributed by atoms with E-state index in [1.807, 2.05) is 24.0 Å². The topological polar surface area (TPSA) is 66.0 Å². The van der Waals surface area contributed by atoms with Gasteiger partial charge in [-0.1, -0.05) is 25.1 Å². The molecule has 1 saturated carbocycles. The zero-order valence-electron chi connectivity index (χ0n) is 17.7. The van der Waals surface area contributed by atoms with E-state index < -0.39 is 0 Å². The summed E-state index contributed by atoms with van der Waals surface area (Å²) in [6, 6.07) is 8.46. The Morgan fingerprint density at radius 2 is 1.97 bits per heavy atom. The predicted molar refractivity (Wildman–Crippen MR) is 128 cm³/mol. The number of para-hydroxylation sites is 1. The van der Waals surface area contributed by atoms with Crippen LogP contribution in [0.3, 0.4) is 0 Å². The molecule has 1 unspecified atom stereocenters. The third kappa shape index (κ3) is 7.04. The highest BCUT2D eigenvalue weighted by atomic mass is 127. The second kappa shape index (κ2) is 12.2. The molecule has 3 rings (SSSR count). The summed E-state index contributed by atoms with van der Waals surface area (Å²) in [6.45, 7) is 6.93. The summed E-state index contributed by atoms with van der Waals surface area (Å²) in [5, 5.41) is 6.82. The van der Waals surface area contributed by atoms with Gasteiger partial charge in [0, 0.05) is 37.7 Å². The molecule has 7 heteroatoms. The van der Waals surface area contributed by atoms with Crippen molar-refractivity contribution in [3.63, 3.8) is 0 Å². The molecule has 0 aromatic heterocycles. The van der Waals surface area contributed by atoms with E-state index in [2.05, 4.69) is 29.7 Å². The van der Waals surface area contributed by atoms with E-state index in [4.69, 9.17) is 9.73 Å². The van der Waals surface area contributed by atoms with Gasteiger partial charge < -0.3 is 20.3 Å². The van der Waals surface area contributed by atoms with Crippen molar-refractivity contribution in [1.29, 1.82) is 0 Å². The van der Waals surface area contributed by atoms with E-state index in [1.165, 1.54) is 12.8 Å². The van der Waals surface area contributed by atoms with Crippen LogP contribution in [0.2, 0.25) is 0 Å². The molecule has 29 heavy (non-hydrogen) atoms. The number of hydrogen-bond donors (Lipinski definition) is 2. The number of halogens is 1. The average molecular weight is 514 g/mol. The molecule has 1 amide bonds. The Bertz CT molecular complexity index is 677. The van der Waals surface area contributed by atoms with Gasteiger partial charge in [0.1, 0.15) is 5.75 Å². The number of guanidine groups is 1. The quantitative estimate of drug-likeness (QED) is 0.331. The van der Waals surface area contributed by atoms with Crippen LogP contribution in [0.5, 0.6) is 5.75 Å². The third-order valence-electron chi connectivity index (χ3n) is 5.50. The zero-order valence-corrected chi connectivity index (χ0v) is 20.0. The number of benzene rings is 1. The molecule has 1 aromatic rings. The highest BCUT2D eigenvalue weighted by Gasteiger charge is 2.25. The number of ether oxygens (including phenoxy) is 1. The van der Waals surface area contributed by atoms with Gasteiger partial charge in [0.2, 0.25) is 5.91 Å². The van der Waals surface area contributed by atoms with Crippen molar-refractivity contribution in [2.75, 3.05) is 19.6 Å². The molecule has 1 aliphatic heterocycles. The molecule has 1 aliphatic carbocycles. The number of nitrogens with zero attached hydrogens (tertiary/aromatic N) is 2. The van der Waals surface area contributed by atoms with Gasteiger partial charge in [-0.25, -0.2) is 4.99 Å². The van der Waals surface area contributed by atoms with Gasteiger partial charge in [-0.15, -0.1) is 24.0 Å². The van der Waals surface area contributed by atoms with E-state index in [0.717, 1.165) is 56.2 Å². The number of aliphatic imine (C=N–C) groups is 1. The number of hydrogen-bond acceptors (Lipinski definition) is 3. The molecule has 0 radical (unpaired) electrons. The lowest BCUT2D eigenvalue weighted by atomic mass is 10.2. The van der Waals surface area contributed by atoms with Gasteiger partial charge >= 0.3 is 0 Å². The van der Waals surface area contributed by atoms with Gasteiger partial charge in [0.25, 0.3) is 0 Å². The van der Waals surface area contributed by atoms with Gasteiger partial charge in [-0.05, 0) is 45.1 Å². The van der Waals surface area contributed by atoms with Crippen LogP contribution in [-0.4, -0.2) is 48.5 Å². The molecule has 1 heterocycles. The standard InChI is InChI=1S/C22H34N4O2.HI/c1-3-21(27)26-14-13-18(16-26)25-22(23-4-2)24-15-17-9-5-8-12-20(17)28-19-10-6-7-11-19;/h5,8-9,12,18-19H,3-4,6-7,10-11,13-16H2,1-2H3,(H2,23,24,25);1H. The first kappa shape index (κ1) is 23.8. The molecule has 1 saturated heterocycles. The van der Waals surface area contributed by atoms with Crippen molar-refractivity contribution in [2.24, 2.45) is 4.99 Å². The molecule has 0 spiro atoms. The number of rotatable bonds is 7. The van der Waals surface area contributed by atoms with Crippen LogP contribution < -0.4 is 15.4 Å². The summed E-state index contributed by atoms with van der Waals surface area (Å²) in [4.78, 5) is 18.6. The lowest BCUT2D eigenvalue weighted by molar-refractivity contribution is -0.129. The first-order chi connectivity index (χ1) is 13.7. The minimum Gasteiger partial charge on any atom is -0.490 e. The summed E-state index contributed by atoms with van der Waals surface area (Å²) >= 11 is 0. The number of likely N-dealkylation sites (tertiary alicyclic amines) is 1. The Balaban J connectivity index is 0.00000300. The van der Waals surface area contributed by atoms with Crippen LogP contribution in [0.4, 0.5) is 0 Å². The van der Waals surface area contributed by atoms with Crippen LogP contribution in [0.25, 0.3) is 0 Å². The molecule has 2 N–H and O–H groups in total. The molecule has 2 fully saturated rings. The Labute approximate surface area is 191 Å². The van der Waals surface area contributed by atoms with Crippen LogP contribution in [0.15, 0.2) is 29.3 Å². The highest BCUT2D eigenvalue weighted by molar-refractivity contribution is 14.0.